The number of hydrogen-bond donors (Lipinski definition) is 1. The lowest BCUT2D eigenvalue weighted by molar-refractivity contribution is -0.139. The highest BCUT2D eigenvalue weighted by molar-refractivity contribution is 7.14. The van der Waals surface area contributed by atoms with Gasteiger partial charge >= 0.3 is 6.18 Å². The molecule has 4 rings (SSSR count). The van der Waals surface area contributed by atoms with Gasteiger partial charge in [0.2, 0.25) is 0 Å². The van der Waals surface area contributed by atoms with E-state index in [2.05, 4.69) is 15.0 Å². The van der Waals surface area contributed by atoms with Crippen molar-refractivity contribution in [2.24, 2.45) is 0 Å². The Bertz CT molecular complexity index is 1260. The highest BCUT2D eigenvalue weighted by Gasteiger charge is 2.30. The van der Waals surface area contributed by atoms with Gasteiger partial charge in [-0.05, 0) is 18.2 Å². The highest BCUT2D eigenvalue weighted by Crippen LogP contribution is 2.29. The molecule has 0 saturated heterocycles. The Balaban J connectivity index is 1.98. The smallest absolute Gasteiger partial charge is 0.317 e. The number of alkyl halides is 3. The Morgan fingerprint density at radius 2 is 1.96 bits per heavy atom. The van der Waals surface area contributed by atoms with Crippen LogP contribution in [0.3, 0.4) is 0 Å². The van der Waals surface area contributed by atoms with E-state index in [1.54, 1.807) is 18.2 Å². The van der Waals surface area contributed by atoms with E-state index in [4.69, 9.17) is 0 Å². The van der Waals surface area contributed by atoms with Gasteiger partial charge in [-0.1, -0.05) is 23.7 Å². The lowest BCUT2D eigenvalue weighted by atomic mass is 10.1. The van der Waals surface area contributed by atoms with Crippen LogP contribution in [0, 0.1) is 0 Å². The van der Waals surface area contributed by atoms with Crippen molar-refractivity contribution >= 4 is 32.8 Å². The van der Waals surface area contributed by atoms with Crippen LogP contribution < -0.4 is 11.1 Å². The molecule has 0 fully saturated rings. The van der Waals surface area contributed by atoms with Crippen LogP contribution in [-0.2, 0) is 6.54 Å². The second-order valence-electron chi connectivity index (χ2n) is 5.52. The third kappa shape index (κ3) is 2.77. The summed E-state index contributed by atoms with van der Waals surface area (Å²) < 4.78 is 38.9. The monoisotopic (exact) mass is 378 g/mol. The second kappa shape index (κ2) is 5.77. The largest absolute Gasteiger partial charge is 0.407 e. The molecule has 0 unspecified atom stereocenters. The van der Waals surface area contributed by atoms with Crippen molar-refractivity contribution in [3.63, 3.8) is 0 Å². The van der Waals surface area contributed by atoms with Gasteiger partial charge < -0.3 is 4.98 Å². The Kier molecular flexibility index (Phi) is 3.65. The van der Waals surface area contributed by atoms with Crippen LogP contribution in [0.4, 0.5) is 13.2 Å². The number of hydrogen-bond acceptors (Lipinski definition) is 5. The zero-order valence-corrected chi connectivity index (χ0v) is 13.7. The molecule has 10 heteroatoms. The van der Waals surface area contributed by atoms with E-state index in [9.17, 15) is 22.8 Å². The first-order chi connectivity index (χ1) is 12.3. The summed E-state index contributed by atoms with van der Waals surface area (Å²) in [7, 11) is 0. The maximum atomic E-state index is 12.7. The molecule has 0 aliphatic heterocycles. The first-order valence-corrected chi connectivity index (χ1v) is 8.16. The Morgan fingerprint density at radius 3 is 2.73 bits per heavy atom. The Hall–Kier alpha value is -3.01. The van der Waals surface area contributed by atoms with Crippen LogP contribution in [0.2, 0.25) is 0 Å². The van der Waals surface area contributed by atoms with Crippen LogP contribution >= 0.6 is 11.5 Å². The van der Waals surface area contributed by atoms with Gasteiger partial charge in [0.1, 0.15) is 12.2 Å². The molecule has 3 heterocycles. The quantitative estimate of drug-likeness (QED) is 0.582. The molecule has 0 saturated carbocycles. The number of benzene rings is 1. The molecule has 0 spiro atoms. The number of fused-ring (bicyclic) bond motifs is 2. The predicted molar refractivity (Wildman–Crippen MR) is 91.3 cm³/mol. The number of halogens is 3. The van der Waals surface area contributed by atoms with Gasteiger partial charge in [0.25, 0.3) is 11.1 Å². The molecule has 26 heavy (non-hydrogen) atoms. The minimum absolute atomic E-state index is 0.00205. The average Bonchev–Trinajstić information content (AvgIpc) is 2.89. The number of rotatable bonds is 2. The summed E-state index contributed by atoms with van der Waals surface area (Å²) >= 11 is 0.657. The van der Waals surface area contributed by atoms with Gasteiger partial charge in [-0.15, -0.1) is 0 Å². The minimum Gasteiger partial charge on any atom is -0.317 e. The molecule has 1 aromatic carbocycles. The molecule has 0 bridgehead atoms. The standard InChI is InChI=1S/C16H9F3N4O2S/c17-16(18,19)7-23-15(25)9-4-1-3-8(12(9)26-23)11-14(24)21-10-5-2-6-20-13(10)22-11/h1-6H,7H2,(H,21,24). The fourth-order valence-electron chi connectivity index (χ4n) is 2.65. The number of nitrogens with zero attached hydrogens (tertiary/aromatic N) is 3. The lowest BCUT2D eigenvalue weighted by Crippen LogP contribution is -2.23. The highest BCUT2D eigenvalue weighted by atomic mass is 32.1. The fourth-order valence-corrected chi connectivity index (χ4v) is 3.78. The summed E-state index contributed by atoms with van der Waals surface area (Å²) in [5, 5.41) is 0.110. The summed E-state index contributed by atoms with van der Waals surface area (Å²) in [4.78, 5) is 35.6. The predicted octanol–water partition coefficient (Wildman–Crippen LogP) is 2.92. The van der Waals surface area contributed by atoms with Crippen LogP contribution in [0.15, 0.2) is 46.1 Å². The third-order valence-electron chi connectivity index (χ3n) is 3.72. The van der Waals surface area contributed by atoms with Crippen molar-refractivity contribution in [2.45, 2.75) is 12.7 Å². The van der Waals surface area contributed by atoms with Crippen LogP contribution in [0.5, 0.6) is 0 Å². The number of nitrogens with one attached hydrogen (secondary N) is 1. The summed E-state index contributed by atoms with van der Waals surface area (Å²) in [6, 6.07) is 7.76. The summed E-state index contributed by atoms with van der Waals surface area (Å²) in [6.45, 7) is -1.38. The van der Waals surface area contributed by atoms with Gasteiger partial charge in [0, 0.05) is 11.8 Å². The number of H-pyrrole nitrogens is 1. The van der Waals surface area contributed by atoms with Gasteiger partial charge in [0.05, 0.1) is 15.6 Å². The topological polar surface area (TPSA) is 80.6 Å². The van der Waals surface area contributed by atoms with Crippen LogP contribution in [0.1, 0.15) is 0 Å². The average molecular weight is 378 g/mol. The molecule has 0 amide bonds. The van der Waals surface area contributed by atoms with E-state index in [0.29, 0.717) is 32.2 Å². The molecule has 132 valence electrons. The molecule has 0 radical (unpaired) electrons. The maximum Gasteiger partial charge on any atom is 0.407 e. The van der Waals surface area contributed by atoms with Crippen LogP contribution in [-0.4, -0.2) is 25.1 Å². The molecular formula is C16H9F3N4O2S. The molecule has 1 N–H and O–H groups in total. The van der Waals surface area contributed by atoms with E-state index in [0.717, 1.165) is 0 Å². The van der Waals surface area contributed by atoms with Crippen molar-refractivity contribution in [3.8, 4) is 11.3 Å². The van der Waals surface area contributed by atoms with Crippen molar-refractivity contribution in [2.75, 3.05) is 0 Å². The van der Waals surface area contributed by atoms with Crippen molar-refractivity contribution in [3.05, 3.63) is 57.2 Å². The first kappa shape index (κ1) is 16.5. The molecule has 0 aliphatic carbocycles. The van der Waals surface area contributed by atoms with Crippen molar-refractivity contribution in [1.82, 2.24) is 18.9 Å². The van der Waals surface area contributed by atoms with Gasteiger partial charge in [-0.2, -0.15) is 13.2 Å². The van der Waals surface area contributed by atoms with Gasteiger partial charge in [-0.3, -0.25) is 13.5 Å². The van der Waals surface area contributed by atoms with Gasteiger partial charge in [-0.25, -0.2) is 9.97 Å². The van der Waals surface area contributed by atoms with E-state index in [1.807, 2.05) is 0 Å². The normalized spacial score (nSPS) is 12.1. The first-order valence-electron chi connectivity index (χ1n) is 7.38. The lowest BCUT2D eigenvalue weighted by Gasteiger charge is -2.04. The zero-order valence-electron chi connectivity index (χ0n) is 12.9. The number of aromatic amines is 1. The van der Waals surface area contributed by atoms with E-state index in [1.165, 1.54) is 18.3 Å². The minimum atomic E-state index is -4.52. The fraction of sp³-hybridized carbons (Fsp3) is 0.125. The third-order valence-corrected chi connectivity index (χ3v) is 4.86. The second-order valence-corrected chi connectivity index (χ2v) is 6.55. The van der Waals surface area contributed by atoms with Crippen molar-refractivity contribution in [1.29, 1.82) is 0 Å². The Labute approximate surface area is 146 Å². The molecular weight excluding hydrogens is 369 g/mol. The van der Waals surface area contributed by atoms with E-state index in [-0.39, 0.29) is 15.8 Å². The van der Waals surface area contributed by atoms with E-state index >= 15 is 0 Å². The molecule has 0 atom stereocenters. The SMILES string of the molecule is O=c1[nH]c2cccnc2nc1-c1cccc2c(=O)n(CC(F)(F)F)sc12. The molecule has 6 nitrogen and oxygen atoms in total. The summed E-state index contributed by atoms with van der Waals surface area (Å²) in [6.07, 6.45) is -3.01. The zero-order chi connectivity index (χ0) is 18.5. The molecule has 0 aliphatic rings. The van der Waals surface area contributed by atoms with Crippen LogP contribution in [0.25, 0.3) is 32.5 Å². The maximum absolute atomic E-state index is 12.7. The summed E-state index contributed by atoms with van der Waals surface area (Å²) in [5.74, 6) is 0. The van der Waals surface area contributed by atoms with Crippen molar-refractivity contribution < 1.29 is 13.2 Å². The number of aromatic nitrogens is 4. The summed E-state index contributed by atoms with van der Waals surface area (Å²) in [5.41, 5.74) is -0.236. The van der Waals surface area contributed by atoms with Gasteiger partial charge in [0.15, 0.2) is 5.65 Å². The Morgan fingerprint density at radius 1 is 1.15 bits per heavy atom. The van der Waals surface area contributed by atoms with E-state index < -0.39 is 23.8 Å². The number of pyridine rings is 1. The molecule has 3 aromatic heterocycles. The molecule has 4 aromatic rings.